The largest absolute Gasteiger partial charge is 0.331 e. The van der Waals surface area contributed by atoms with Crippen LogP contribution >= 0.6 is 11.3 Å². The van der Waals surface area contributed by atoms with Gasteiger partial charge in [-0.3, -0.25) is 18.7 Å². The normalized spacial score (nSPS) is 10.9. The molecule has 0 aliphatic heterocycles. The molecule has 118 valence electrons. The van der Waals surface area contributed by atoms with Crippen molar-refractivity contribution in [3.8, 4) is 0 Å². The van der Waals surface area contributed by atoms with Crippen molar-refractivity contribution < 1.29 is 4.79 Å². The molecule has 0 atom stereocenters. The van der Waals surface area contributed by atoms with Gasteiger partial charge in [0.15, 0.2) is 0 Å². The molecule has 0 aliphatic rings. The third-order valence-electron chi connectivity index (χ3n) is 3.59. The van der Waals surface area contributed by atoms with Crippen LogP contribution in [0, 0.1) is 6.92 Å². The van der Waals surface area contributed by atoms with Gasteiger partial charge in [-0.15, -0.1) is 11.3 Å². The van der Waals surface area contributed by atoms with Gasteiger partial charge in [-0.2, -0.15) is 0 Å². The molecule has 1 aromatic carbocycles. The molecule has 2 aromatic heterocycles. The number of amides is 1. The monoisotopic (exact) mass is 329 g/mol. The number of thiophene rings is 1. The SMILES string of the molecule is Cc1ccc(NC(=O)Cn2c(=O)n(C)c(=O)c3sccc32)cc1. The molecule has 0 radical (unpaired) electrons. The summed E-state index contributed by atoms with van der Waals surface area (Å²) < 4.78 is 2.81. The number of carbonyl (C=O) groups is 1. The molecular formula is C16H15N3O3S. The first-order valence-corrected chi connectivity index (χ1v) is 7.89. The number of hydrogen-bond acceptors (Lipinski definition) is 4. The average Bonchev–Trinajstić information content (AvgIpc) is 3.01. The Balaban J connectivity index is 1.94. The van der Waals surface area contributed by atoms with E-state index in [1.807, 2.05) is 19.1 Å². The van der Waals surface area contributed by atoms with Gasteiger partial charge < -0.3 is 5.32 Å². The lowest BCUT2D eigenvalue weighted by molar-refractivity contribution is -0.116. The quantitative estimate of drug-likeness (QED) is 0.795. The van der Waals surface area contributed by atoms with Crippen molar-refractivity contribution in [1.29, 1.82) is 0 Å². The lowest BCUT2D eigenvalue weighted by Gasteiger charge is -2.10. The summed E-state index contributed by atoms with van der Waals surface area (Å²) in [5, 5.41) is 4.49. The molecule has 7 heteroatoms. The van der Waals surface area contributed by atoms with Crippen LogP contribution in [-0.4, -0.2) is 15.0 Å². The van der Waals surface area contributed by atoms with E-state index < -0.39 is 5.69 Å². The van der Waals surface area contributed by atoms with Crippen LogP contribution in [0.4, 0.5) is 5.69 Å². The van der Waals surface area contributed by atoms with Crippen LogP contribution < -0.4 is 16.6 Å². The number of carbonyl (C=O) groups excluding carboxylic acids is 1. The van der Waals surface area contributed by atoms with E-state index in [1.165, 1.54) is 23.0 Å². The summed E-state index contributed by atoms with van der Waals surface area (Å²) in [7, 11) is 1.41. The summed E-state index contributed by atoms with van der Waals surface area (Å²) in [6, 6.07) is 9.08. The fourth-order valence-corrected chi connectivity index (χ4v) is 3.20. The molecule has 0 saturated heterocycles. The van der Waals surface area contributed by atoms with Gasteiger partial charge in [0.1, 0.15) is 11.2 Å². The summed E-state index contributed by atoms with van der Waals surface area (Å²) in [6.45, 7) is 1.82. The van der Waals surface area contributed by atoms with Crippen molar-refractivity contribution in [3.63, 3.8) is 0 Å². The zero-order valence-electron chi connectivity index (χ0n) is 12.7. The molecule has 2 heterocycles. The number of nitrogens with zero attached hydrogens (tertiary/aromatic N) is 2. The minimum absolute atomic E-state index is 0.145. The highest BCUT2D eigenvalue weighted by molar-refractivity contribution is 7.17. The van der Waals surface area contributed by atoms with E-state index in [1.54, 1.807) is 23.6 Å². The lowest BCUT2D eigenvalue weighted by Crippen LogP contribution is -2.39. The molecule has 0 aliphatic carbocycles. The number of fused-ring (bicyclic) bond motifs is 1. The summed E-state index contributed by atoms with van der Waals surface area (Å²) in [5.74, 6) is -0.317. The summed E-state index contributed by atoms with van der Waals surface area (Å²) >= 11 is 1.26. The van der Waals surface area contributed by atoms with Crippen LogP contribution in [0.1, 0.15) is 5.56 Å². The van der Waals surface area contributed by atoms with Gasteiger partial charge >= 0.3 is 5.69 Å². The van der Waals surface area contributed by atoms with Crippen LogP contribution in [0.3, 0.4) is 0 Å². The van der Waals surface area contributed by atoms with Crippen LogP contribution in [-0.2, 0) is 18.4 Å². The van der Waals surface area contributed by atoms with Gasteiger partial charge in [0.05, 0.1) is 5.52 Å². The second-order valence-electron chi connectivity index (χ2n) is 5.28. The van der Waals surface area contributed by atoms with Gasteiger partial charge in [-0.05, 0) is 30.5 Å². The van der Waals surface area contributed by atoms with E-state index in [9.17, 15) is 14.4 Å². The zero-order chi connectivity index (χ0) is 16.6. The van der Waals surface area contributed by atoms with Crippen molar-refractivity contribution >= 4 is 33.1 Å². The maximum absolute atomic E-state index is 12.3. The summed E-state index contributed by atoms with van der Waals surface area (Å²) in [5.41, 5.74) is 1.41. The Kier molecular flexibility index (Phi) is 3.87. The highest BCUT2D eigenvalue weighted by atomic mass is 32.1. The Morgan fingerprint density at radius 3 is 2.57 bits per heavy atom. The van der Waals surface area contributed by atoms with Crippen LogP contribution in [0.5, 0.6) is 0 Å². The van der Waals surface area contributed by atoms with E-state index in [0.29, 0.717) is 15.9 Å². The number of aromatic nitrogens is 2. The number of nitrogens with one attached hydrogen (secondary N) is 1. The Bertz CT molecular complexity index is 996. The minimum Gasteiger partial charge on any atom is -0.325 e. The molecule has 0 bridgehead atoms. The predicted octanol–water partition coefficient (Wildman–Crippen LogP) is 1.71. The van der Waals surface area contributed by atoms with E-state index in [2.05, 4.69) is 5.32 Å². The number of anilines is 1. The van der Waals surface area contributed by atoms with Crippen molar-refractivity contribution in [2.45, 2.75) is 13.5 Å². The van der Waals surface area contributed by atoms with Gasteiger partial charge in [0.25, 0.3) is 5.56 Å². The van der Waals surface area contributed by atoms with E-state index >= 15 is 0 Å². The average molecular weight is 329 g/mol. The molecule has 3 aromatic rings. The molecule has 0 fully saturated rings. The molecule has 1 amide bonds. The van der Waals surface area contributed by atoms with Crippen LogP contribution in [0.15, 0.2) is 45.3 Å². The zero-order valence-corrected chi connectivity index (χ0v) is 13.5. The standard InChI is InChI=1S/C16H15N3O3S/c1-10-3-5-11(6-4-10)17-13(20)9-19-12-7-8-23-14(12)15(21)18(2)16(19)22/h3-8H,9H2,1-2H3,(H,17,20). The summed E-state index contributed by atoms with van der Waals surface area (Å²) in [6.07, 6.45) is 0. The van der Waals surface area contributed by atoms with Gasteiger partial charge in [0.2, 0.25) is 5.91 Å². The summed E-state index contributed by atoms with van der Waals surface area (Å²) in [4.78, 5) is 36.5. The fourth-order valence-electron chi connectivity index (χ4n) is 2.33. The molecule has 0 spiro atoms. The highest BCUT2D eigenvalue weighted by Crippen LogP contribution is 2.15. The number of benzene rings is 1. The third-order valence-corrected chi connectivity index (χ3v) is 4.48. The van der Waals surface area contributed by atoms with Gasteiger partial charge in [-0.25, -0.2) is 4.79 Å². The molecule has 0 unspecified atom stereocenters. The Morgan fingerprint density at radius 2 is 1.87 bits per heavy atom. The maximum atomic E-state index is 12.3. The molecule has 6 nitrogen and oxygen atoms in total. The maximum Gasteiger partial charge on any atom is 0.331 e. The second-order valence-corrected chi connectivity index (χ2v) is 6.20. The second kappa shape index (κ2) is 5.85. The van der Waals surface area contributed by atoms with Gasteiger partial charge in [-0.1, -0.05) is 17.7 Å². The first-order valence-electron chi connectivity index (χ1n) is 7.01. The molecule has 23 heavy (non-hydrogen) atoms. The minimum atomic E-state index is -0.500. The highest BCUT2D eigenvalue weighted by Gasteiger charge is 2.14. The first kappa shape index (κ1) is 15.2. The topological polar surface area (TPSA) is 73.1 Å². The molecule has 3 rings (SSSR count). The Hall–Kier alpha value is -2.67. The Morgan fingerprint density at radius 1 is 1.17 bits per heavy atom. The number of hydrogen-bond donors (Lipinski definition) is 1. The molecular weight excluding hydrogens is 314 g/mol. The van der Waals surface area contributed by atoms with Crippen molar-refractivity contribution in [1.82, 2.24) is 9.13 Å². The smallest absolute Gasteiger partial charge is 0.325 e. The van der Waals surface area contributed by atoms with Crippen molar-refractivity contribution in [3.05, 3.63) is 62.1 Å². The van der Waals surface area contributed by atoms with Crippen molar-refractivity contribution in [2.24, 2.45) is 7.05 Å². The van der Waals surface area contributed by atoms with Gasteiger partial charge in [0, 0.05) is 12.7 Å². The Labute approximate surface area is 135 Å². The predicted molar refractivity (Wildman–Crippen MR) is 91.1 cm³/mol. The third kappa shape index (κ3) is 2.83. The molecule has 1 N–H and O–H groups in total. The van der Waals surface area contributed by atoms with E-state index in [4.69, 9.17) is 0 Å². The molecule has 0 saturated carbocycles. The fraction of sp³-hybridized carbons (Fsp3) is 0.188. The van der Waals surface area contributed by atoms with E-state index in [0.717, 1.165) is 10.1 Å². The first-order chi connectivity index (χ1) is 11.0. The number of rotatable bonds is 3. The van der Waals surface area contributed by atoms with Crippen LogP contribution in [0.25, 0.3) is 10.2 Å². The van der Waals surface area contributed by atoms with Crippen molar-refractivity contribution in [2.75, 3.05) is 5.32 Å². The lowest BCUT2D eigenvalue weighted by atomic mass is 10.2. The number of aryl methyl sites for hydroxylation is 1. The van der Waals surface area contributed by atoms with E-state index in [-0.39, 0.29) is 18.0 Å². The van der Waals surface area contributed by atoms with Crippen LogP contribution in [0.2, 0.25) is 0 Å².